The summed E-state index contributed by atoms with van der Waals surface area (Å²) in [6, 6.07) is 1.51. The van der Waals surface area contributed by atoms with Crippen molar-refractivity contribution >= 4 is 17.6 Å². The Kier molecular flexibility index (Phi) is 2.76. The van der Waals surface area contributed by atoms with Crippen LogP contribution in [0, 0.1) is 0 Å². The zero-order valence-corrected chi connectivity index (χ0v) is 9.62. The SMILES string of the molecule is Cn1c(C(=O)O)c(C2CCC2)cc(Cl)c1=O. The van der Waals surface area contributed by atoms with E-state index in [4.69, 9.17) is 16.7 Å². The van der Waals surface area contributed by atoms with Crippen LogP contribution in [0.4, 0.5) is 0 Å². The number of carbonyl (C=O) groups is 1. The van der Waals surface area contributed by atoms with E-state index >= 15 is 0 Å². The van der Waals surface area contributed by atoms with Gasteiger partial charge in [-0.2, -0.15) is 0 Å². The Hall–Kier alpha value is -1.29. The summed E-state index contributed by atoms with van der Waals surface area (Å²) in [6.07, 6.45) is 3.04. The summed E-state index contributed by atoms with van der Waals surface area (Å²) in [5, 5.41) is 9.22. The van der Waals surface area contributed by atoms with Crippen LogP contribution in [0.1, 0.15) is 41.2 Å². The lowest BCUT2D eigenvalue weighted by Gasteiger charge is -2.27. The Morgan fingerprint density at radius 1 is 1.56 bits per heavy atom. The van der Waals surface area contributed by atoms with E-state index in [0.29, 0.717) is 5.56 Å². The fraction of sp³-hybridized carbons (Fsp3) is 0.455. The van der Waals surface area contributed by atoms with Gasteiger partial charge in [-0.05, 0) is 30.4 Å². The van der Waals surface area contributed by atoms with Gasteiger partial charge in [-0.3, -0.25) is 4.79 Å². The standard InChI is InChI=1S/C11H12ClNO3/c1-13-9(11(15)16)7(6-3-2-4-6)5-8(12)10(13)14/h5-6H,2-4H2,1H3,(H,15,16). The lowest BCUT2D eigenvalue weighted by Crippen LogP contribution is -2.27. The minimum Gasteiger partial charge on any atom is -0.477 e. The Labute approximate surface area is 97.5 Å². The summed E-state index contributed by atoms with van der Waals surface area (Å²) in [5.74, 6) is -0.839. The third-order valence-electron chi connectivity index (χ3n) is 3.15. The Bertz CT molecular complexity index is 503. The number of carboxylic acid groups (broad SMARTS) is 1. The van der Waals surface area contributed by atoms with Gasteiger partial charge >= 0.3 is 5.97 Å². The fourth-order valence-corrected chi connectivity index (χ4v) is 2.26. The molecule has 0 atom stereocenters. The molecule has 1 aromatic heterocycles. The third kappa shape index (κ3) is 1.63. The van der Waals surface area contributed by atoms with E-state index < -0.39 is 11.5 Å². The number of nitrogens with zero attached hydrogens (tertiary/aromatic N) is 1. The average molecular weight is 242 g/mol. The van der Waals surface area contributed by atoms with Gasteiger partial charge in [0.2, 0.25) is 0 Å². The molecule has 0 radical (unpaired) electrons. The normalized spacial score (nSPS) is 15.9. The minimum absolute atomic E-state index is 0.0686. The molecule has 1 aliphatic carbocycles. The maximum Gasteiger partial charge on any atom is 0.352 e. The lowest BCUT2D eigenvalue weighted by atomic mass is 9.79. The second-order valence-corrected chi connectivity index (χ2v) is 4.50. The summed E-state index contributed by atoms with van der Waals surface area (Å²) in [7, 11) is 1.44. The number of pyridine rings is 1. The van der Waals surface area contributed by atoms with Gasteiger partial charge in [0.1, 0.15) is 10.7 Å². The van der Waals surface area contributed by atoms with Crippen molar-refractivity contribution in [3.63, 3.8) is 0 Å². The molecule has 1 aromatic rings. The molecule has 1 saturated carbocycles. The molecule has 1 N–H and O–H groups in total. The largest absolute Gasteiger partial charge is 0.477 e. The van der Waals surface area contributed by atoms with Crippen LogP contribution in [0.3, 0.4) is 0 Å². The van der Waals surface area contributed by atoms with E-state index in [1.165, 1.54) is 13.1 Å². The molecule has 1 heterocycles. The van der Waals surface area contributed by atoms with Crippen LogP contribution in [0.5, 0.6) is 0 Å². The molecule has 1 fully saturated rings. The maximum atomic E-state index is 11.5. The topological polar surface area (TPSA) is 59.3 Å². The van der Waals surface area contributed by atoms with E-state index in [0.717, 1.165) is 23.8 Å². The number of rotatable bonds is 2. The summed E-state index contributed by atoms with van der Waals surface area (Å²) in [4.78, 5) is 22.7. The van der Waals surface area contributed by atoms with Gasteiger partial charge in [0.05, 0.1) is 0 Å². The molecule has 0 amide bonds. The summed E-state index contributed by atoms with van der Waals surface area (Å²) in [6.45, 7) is 0. The van der Waals surface area contributed by atoms with Gasteiger partial charge in [0, 0.05) is 7.05 Å². The Morgan fingerprint density at radius 3 is 2.62 bits per heavy atom. The van der Waals surface area contributed by atoms with Crippen LogP contribution in [-0.4, -0.2) is 15.6 Å². The Morgan fingerprint density at radius 2 is 2.19 bits per heavy atom. The molecular weight excluding hydrogens is 230 g/mol. The molecule has 0 spiro atoms. The van der Waals surface area contributed by atoms with Crippen LogP contribution in [0.15, 0.2) is 10.9 Å². The summed E-state index contributed by atoms with van der Waals surface area (Å²) < 4.78 is 1.12. The lowest BCUT2D eigenvalue weighted by molar-refractivity contribution is 0.0682. The number of aromatic carboxylic acids is 1. The van der Waals surface area contributed by atoms with E-state index in [2.05, 4.69) is 0 Å². The van der Waals surface area contributed by atoms with E-state index in [-0.39, 0.29) is 16.6 Å². The number of hydrogen-bond donors (Lipinski definition) is 1. The first-order chi connectivity index (χ1) is 7.52. The van der Waals surface area contributed by atoms with Crippen LogP contribution in [-0.2, 0) is 7.05 Å². The Balaban J connectivity index is 2.66. The predicted molar refractivity (Wildman–Crippen MR) is 60.2 cm³/mol. The quantitative estimate of drug-likeness (QED) is 0.862. The van der Waals surface area contributed by atoms with Gasteiger partial charge in [0.15, 0.2) is 0 Å². The highest BCUT2D eigenvalue weighted by Crippen LogP contribution is 2.38. The van der Waals surface area contributed by atoms with Crippen LogP contribution >= 0.6 is 11.6 Å². The summed E-state index contributed by atoms with van der Waals surface area (Å²) >= 11 is 5.79. The van der Waals surface area contributed by atoms with Gasteiger partial charge < -0.3 is 9.67 Å². The molecule has 5 heteroatoms. The smallest absolute Gasteiger partial charge is 0.352 e. The van der Waals surface area contributed by atoms with E-state index in [1.807, 2.05) is 0 Å². The van der Waals surface area contributed by atoms with Gasteiger partial charge in [-0.25, -0.2) is 4.79 Å². The first-order valence-electron chi connectivity index (χ1n) is 5.15. The molecule has 2 rings (SSSR count). The highest BCUT2D eigenvalue weighted by Gasteiger charge is 2.27. The van der Waals surface area contributed by atoms with Crippen molar-refractivity contribution in [2.75, 3.05) is 0 Å². The molecule has 4 nitrogen and oxygen atoms in total. The number of aromatic nitrogens is 1. The highest BCUT2D eigenvalue weighted by molar-refractivity contribution is 6.30. The highest BCUT2D eigenvalue weighted by atomic mass is 35.5. The fourth-order valence-electron chi connectivity index (χ4n) is 2.02. The molecular formula is C11H12ClNO3. The van der Waals surface area contributed by atoms with Crippen molar-refractivity contribution in [2.45, 2.75) is 25.2 Å². The van der Waals surface area contributed by atoms with Gasteiger partial charge in [0.25, 0.3) is 5.56 Å². The van der Waals surface area contributed by atoms with Crippen LogP contribution in [0.25, 0.3) is 0 Å². The van der Waals surface area contributed by atoms with Crippen molar-refractivity contribution in [3.05, 3.63) is 32.7 Å². The first-order valence-corrected chi connectivity index (χ1v) is 5.53. The van der Waals surface area contributed by atoms with Crippen LogP contribution < -0.4 is 5.56 Å². The van der Waals surface area contributed by atoms with Crippen molar-refractivity contribution in [2.24, 2.45) is 7.05 Å². The number of hydrogen-bond acceptors (Lipinski definition) is 2. The molecule has 0 aliphatic heterocycles. The molecule has 1 aliphatic rings. The third-order valence-corrected chi connectivity index (χ3v) is 3.42. The molecule has 16 heavy (non-hydrogen) atoms. The van der Waals surface area contributed by atoms with Gasteiger partial charge in [-0.15, -0.1) is 0 Å². The van der Waals surface area contributed by atoms with Crippen LogP contribution in [0.2, 0.25) is 5.02 Å². The molecule has 0 saturated heterocycles. The van der Waals surface area contributed by atoms with Crippen molar-refractivity contribution in [1.29, 1.82) is 0 Å². The molecule has 0 unspecified atom stereocenters. The second kappa shape index (κ2) is 3.94. The van der Waals surface area contributed by atoms with E-state index in [9.17, 15) is 9.59 Å². The zero-order valence-electron chi connectivity index (χ0n) is 8.86. The minimum atomic E-state index is -1.07. The predicted octanol–water partition coefficient (Wildman–Crippen LogP) is 2.00. The monoisotopic (exact) mass is 241 g/mol. The van der Waals surface area contributed by atoms with E-state index in [1.54, 1.807) is 0 Å². The van der Waals surface area contributed by atoms with Crippen molar-refractivity contribution in [1.82, 2.24) is 4.57 Å². The first kappa shape index (κ1) is 11.2. The average Bonchev–Trinajstić information content (AvgIpc) is 2.11. The summed E-state index contributed by atoms with van der Waals surface area (Å²) in [5.41, 5.74) is 0.298. The van der Waals surface area contributed by atoms with Crippen molar-refractivity contribution in [3.8, 4) is 0 Å². The number of carboxylic acids is 1. The molecule has 86 valence electrons. The zero-order chi connectivity index (χ0) is 11.9. The van der Waals surface area contributed by atoms with Gasteiger partial charge in [-0.1, -0.05) is 18.0 Å². The molecule has 0 bridgehead atoms. The molecule has 0 aromatic carbocycles. The number of halogens is 1. The van der Waals surface area contributed by atoms with Crippen molar-refractivity contribution < 1.29 is 9.90 Å². The second-order valence-electron chi connectivity index (χ2n) is 4.09. The maximum absolute atomic E-state index is 11.5.